The molecule has 1 aliphatic heterocycles. The smallest absolute Gasteiger partial charge is 0.276 e. The van der Waals surface area contributed by atoms with Crippen molar-refractivity contribution in [2.75, 3.05) is 43.1 Å². The number of amides is 1. The van der Waals surface area contributed by atoms with Gasteiger partial charge in [-0.3, -0.25) is 9.59 Å². The number of rotatable bonds is 7. The van der Waals surface area contributed by atoms with Crippen molar-refractivity contribution < 1.29 is 13.9 Å². The van der Waals surface area contributed by atoms with Crippen LogP contribution in [-0.4, -0.2) is 50.0 Å². The normalized spacial score (nSPS) is 15.5. The van der Waals surface area contributed by atoms with E-state index in [1.165, 1.54) is 12.3 Å². The zero-order valence-corrected chi connectivity index (χ0v) is 23.3. The summed E-state index contributed by atoms with van der Waals surface area (Å²) in [6.07, 6.45) is 4.85. The van der Waals surface area contributed by atoms with E-state index in [-0.39, 0.29) is 17.0 Å². The number of ether oxygens (including phenoxy) is 1. The summed E-state index contributed by atoms with van der Waals surface area (Å²) in [5, 5.41) is 4.64. The van der Waals surface area contributed by atoms with Gasteiger partial charge in [-0.05, 0) is 55.3 Å². The van der Waals surface area contributed by atoms with Crippen molar-refractivity contribution >= 4 is 46.0 Å². The fourth-order valence-corrected chi connectivity index (χ4v) is 5.40. The Balaban J connectivity index is 1.25. The molecule has 1 N–H and O–H groups in total. The van der Waals surface area contributed by atoms with E-state index in [1.807, 2.05) is 33.7 Å². The summed E-state index contributed by atoms with van der Waals surface area (Å²) in [4.78, 5) is 30.6. The van der Waals surface area contributed by atoms with Crippen LogP contribution in [0.3, 0.4) is 0 Å². The quantitative estimate of drug-likeness (QED) is 0.242. The van der Waals surface area contributed by atoms with Crippen molar-refractivity contribution in [2.24, 2.45) is 5.10 Å². The van der Waals surface area contributed by atoms with E-state index >= 15 is 4.39 Å². The molecular weight excluding hydrogens is 545 g/mol. The Bertz CT molecular complexity index is 1690. The maximum absolute atomic E-state index is 15.5. The number of hydrazone groups is 1. The van der Waals surface area contributed by atoms with Crippen LogP contribution in [0, 0.1) is 5.82 Å². The Kier molecular flexibility index (Phi) is 7.36. The highest BCUT2D eigenvalue weighted by Crippen LogP contribution is 2.38. The first-order chi connectivity index (χ1) is 19.9. The van der Waals surface area contributed by atoms with E-state index in [9.17, 15) is 9.59 Å². The van der Waals surface area contributed by atoms with Gasteiger partial charge >= 0.3 is 0 Å². The first kappa shape index (κ1) is 26.8. The van der Waals surface area contributed by atoms with Gasteiger partial charge in [0, 0.05) is 60.1 Å². The van der Waals surface area contributed by atoms with Crippen LogP contribution in [-0.2, 0) is 0 Å². The largest absolute Gasteiger partial charge is 0.497 e. The van der Waals surface area contributed by atoms with Gasteiger partial charge in [0.05, 0.1) is 24.5 Å². The molecule has 1 amide bonds. The number of hydrogen-bond acceptors (Lipinski definition) is 6. The van der Waals surface area contributed by atoms with E-state index in [4.69, 9.17) is 16.3 Å². The van der Waals surface area contributed by atoms with Crippen molar-refractivity contribution in [2.45, 2.75) is 18.9 Å². The molecule has 0 spiro atoms. The number of anilines is 2. The number of fused-ring (bicyclic) bond motifs is 1. The molecule has 2 heterocycles. The molecule has 1 aromatic heterocycles. The molecule has 0 radical (unpaired) electrons. The van der Waals surface area contributed by atoms with Crippen LogP contribution in [0.4, 0.5) is 15.8 Å². The molecule has 41 heavy (non-hydrogen) atoms. The molecule has 210 valence electrons. The second kappa shape index (κ2) is 11.2. The van der Waals surface area contributed by atoms with E-state index < -0.39 is 17.2 Å². The van der Waals surface area contributed by atoms with Gasteiger partial charge in [-0.15, -0.1) is 0 Å². The number of hydrogen-bond donors (Lipinski definition) is 1. The lowest BCUT2D eigenvalue weighted by Crippen LogP contribution is -2.46. The predicted octanol–water partition coefficient (Wildman–Crippen LogP) is 5.23. The zero-order valence-electron chi connectivity index (χ0n) is 22.5. The van der Waals surface area contributed by atoms with E-state index in [0.717, 1.165) is 37.4 Å². The SMILES string of the molecule is COc1ccc(N2CCN(c3cc4c(cc3F)c(=O)c(C(=O)N/N=C\c3ccccc3Cl)cn4C3CC3)CC2)cc1. The van der Waals surface area contributed by atoms with Gasteiger partial charge < -0.3 is 19.1 Å². The Morgan fingerprint density at radius 2 is 1.76 bits per heavy atom. The summed E-state index contributed by atoms with van der Waals surface area (Å²) in [5.74, 6) is -0.337. The minimum Gasteiger partial charge on any atom is -0.497 e. The summed E-state index contributed by atoms with van der Waals surface area (Å²) in [6.45, 7) is 2.72. The number of nitrogens with zero attached hydrogens (tertiary/aromatic N) is 4. The lowest BCUT2D eigenvalue weighted by molar-refractivity contribution is 0.0953. The van der Waals surface area contributed by atoms with Gasteiger partial charge in [0.2, 0.25) is 5.43 Å². The molecule has 6 rings (SSSR count). The van der Waals surface area contributed by atoms with Gasteiger partial charge in [-0.2, -0.15) is 5.10 Å². The van der Waals surface area contributed by atoms with Gasteiger partial charge in [0.25, 0.3) is 5.91 Å². The van der Waals surface area contributed by atoms with Crippen LogP contribution in [0.1, 0.15) is 34.8 Å². The van der Waals surface area contributed by atoms with Crippen molar-refractivity contribution in [3.05, 3.63) is 99.1 Å². The highest BCUT2D eigenvalue weighted by Gasteiger charge is 2.28. The molecule has 3 aromatic carbocycles. The standard InChI is InChI=1S/C31H29ClFN5O3/c1-41-23-10-8-21(9-11-23)36-12-14-37(15-13-36)29-17-28-24(16-27(29)33)30(39)25(19-38(28)22-6-7-22)31(40)35-34-18-20-4-2-3-5-26(20)32/h2-5,8-11,16-19,22H,6-7,12-15H2,1H3,(H,35,40)/b34-18-. The molecule has 0 unspecified atom stereocenters. The Labute approximate surface area is 241 Å². The van der Waals surface area contributed by atoms with Gasteiger partial charge in [-0.25, -0.2) is 9.82 Å². The van der Waals surface area contributed by atoms with Crippen molar-refractivity contribution in [3.63, 3.8) is 0 Å². The number of aromatic nitrogens is 1. The maximum atomic E-state index is 15.5. The topological polar surface area (TPSA) is 79.2 Å². The first-order valence-corrected chi connectivity index (χ1v) is 13.9. The lowest BCUT2D eigenvalue weighted by Gasteiger charge is -2.37. The maximum Gasteiger partial charge on any atom is 0.276 e. The molecule has 1 saturated heterocycles. The number of benzene rings is 3. The molecule has 1 saturated carbocycles. The molecule has 2 aliphatic rings. The molecule has 10 heteroatoms. The van der Waals surface area contributed by atoms with Crippen molar-refractivity contribution in [1.29, 1.82) is 0 Å². The van der Waals surface area contributed by atoms with Crippen LogP contribution in [0.5, 0.6) is 5.75 Å². The van der Waals surface area contributed by atoms with Crippen molar-refractivity contribution in [3.8, 4) is 5.75 Å². The van der Waals surface area contributed by atoms with Crippen molar-refractivity contribution in [1.82, 2.24) is 9.99 Å². The number of pyridine rings is 1. The highest BCUT2D eigenvalue weighted by atomic mass is 35.5. The number of methoxy groups -OCH3 is 1. The number of carbonyl (C=O) groups is 1. The Morgan fingerprint density at radius 3 is 2.44 bits per heavy atom. The summed E-state index contributed by atoms with van der Waals surface area (Å²) in [7, 11) is 1.64. The second-order valence-electron chi connectivity index (χ2n) is 10.2. The van der Waals surface area contributed by atoms with Gasteiger partial charge in [0.1, 0.15) is 17.1 Å². The van der Waals surface area contributed by atoms with Gasteiger partial charge in [-0.1, -0.05) is 29.8 Å². The Hall–Kier alpha value is -4.37. The van der Waals surface area contributed by atoms with Crippen LogP contribution in [0.15, 0.2) is 76.8 Å². The third-order valence-corrected chi connectivity index (χ3v) is 7.96. The van der Waals surface area contributed by atoms with E-state index in [1.54, 1.807) is 43.6 Å². The molecule has 4 aromatic rings. The van der Waals surface area contributed by atoms with E-state index in [2.05, 4.69) is 15.4 Å². The summed E-state index contributed by atoms with van der Waals surface area (Å²) >= 11 is 6.14. The van der Waals surface area contributed by atoms with E-state index in [0.29, 0.717) is 34.9 Å². The average Bonchev–Trinajstić information content (AvgIpc) is 3.84. The monoisotopic (exact) mass is 573 g/mol. The second-order valence-corrected chi connectivity index (χ2v) is 10.6. The van der Waals surface area contributed by atoms with Gasteiger partial charge in [0.15, 0.2) is 0 Å². The zero-order chi connectivity index (χ0) is 28.5. The first-order valence-electron chi connectivity index (χ1n) is 13.5. The number of carbonyl (C=O) groups excluding carboxylic acids is 1. The van der Waals surface area contributed by atoms with Crippen LogP contribution in [0.2, 0.25) is 5.02 Å². The average molecular weight is 574 g/mol. The molecule has 8 nitrogen and oxygen atoms in total. The lowest BCUT2D eigenvalue weighted by atomic mass is 10.1. The summed E-state index contributed by atoms with van der Waals surface area (Å²) < 4.78 is 22.7. The summed E-state index contributed by atoms with van der Waals surface area (Å²) in [5.41, 5.74) is 4.61. The van der Waals surface area contributed by atoms with Crippen LogP contribution < -0.4 is 25.4 Å². The molecular formula is C31H29ClFN5O3. The number of halogens is 2. The number of piperazine rings is 1. The molecule has 0 bridgehead atoms. The molecule has 0 atom stereocenters. The summed E-state index contributed by atoms with van der Waals surface area (Å²) in [6, 6.07) is 18.2. The third kappa shape index (κ3) is 5.50. The predicted molar refractivity (Wildman–Crippen MR) is 160 cm³/mol. The molecule has 1 aliphatic carbocycles. The van der Waals surface area contributed by atoms with Crippen LogP contribution >= 0.6 is 11.6 Å². The molecule has 2 fully saturated rings. The number of nitrogens with one attached hydrogen (secondary N) is 1. The highest BCUT2D eigenvalue weighted by molar-refractivity contribution is 6.33. The minimum absolute atomic E-state index is 0.0824. The minimum atomic E-state index is -0.659. The third-order valence-electron chi connectivity index (χ3n) is 7.62. The fraction of sp³-hybridized carbons (Fsp3) is 0.258. The Morgan fingerprint density at radius 1 is 1.05 bits per heavy atom. The van der Waals surface area contributed by atoms with Crippen LogP contribution in [0.25, 0.3) is 10.9 Å². The fourth-order valence-electron chi connectivity index (χ4n) is 5.22.